The van der Waals surface area contributed by atoms with Crippen molar-refractivity contribution in [3.8, 4) is 0 Å². The van der Waals surface area contributed by atoms with Crippen LogP contribution in [-0.4, -0.2) is 23.2 Å². The lowest BCUT2D eigenvalue weighted by Gasteiger charge is -2.65. The van der Waals surface area contributed by atoms with Gasteiger partial charge in [0.15, 0.2) is 0 Å². The molecule has 0 heterocycles. The van der Waals surface area contributed by atoms with Gasteiger partial charge >= 0.3 is 5.97 Å². The third kappa shape index (κ3) is 1.88. The minimum Gasteiger partial charge on any atom is -0.480 e. The molecule has 0 amide bonds. The maximum absolute atomic E-state index is 10.8. The number of rotatable bonds is 3. The molecule has 2 N–H and O–H groups in total. The fraction of sp³-hybridized carbons (Fsp3) is 0.929. The molecule has 4 aliphatic carbocycles. The molecule has 2 atom stereocenters. The predicted molar refractivity (Wildman–Crippen MR) is 65.8 cm³/mol. The highest BCUT2D eigenvalue weighted by molar-refractivity contribution is 5.69. The molecule has 4 fully saturated rings. The first-order valence-corrected chi connectivity index (χ1v) is 6.79. The maximum Gasteiger partial charge on any atom is 0.317 e. The molecule has 4 aliphatic rings. The van der Waals surface area contributed by atoms with Gasteiger partial charge in [-0.05, 0) is 55.3 Å². The van der Waals surface area contributed by atoms with Crippen LogP contribution in [0.5, 0.6) is 0 Å². The Labute approximate surface area is 103 Å². The summed E-state index contributed by atoms with van der Waals surface area (Å²) in [4.78, 5) is 10.8. The monoisotopic (exact) mass is 237 g/mol. The van der Waals surface area contributed by atoms with Crippen LogP contribution < -0.4 is 5.32 Å². The van der Waals surface area contributed by atoms with E-state index in [1.807, 2.05) is 0 Å². The quantitative estimate of drug-likeness (QED) is 0.792. The Morgan fingerprint density at radius 2 is 1.76 bits per heavy atom. The third-order valence-corrected chi connectivity index (χ3v) is 5.24. The summed E-state index contributed by atoms with van der Waals surface area (Å²) >= 11 is 0. The second kappa shape index (κ2) is 3.25. The van der Waals surface area contributed by atoms with Gasteiger partial charge < -0.3 is 10.4 Å². The first kappa shape index (κ1) is 11.5. The van der Waals surface area contributed by atoms with Crippen molar-refractivity contribution in [3.63, 3.8) is 0 Å². The van der Waals surface area contributed by atoms with E-state index >= 15 is 0 Å². The van der Waals surface area contributed by atoms with Gasteiger partial charge in [-0.1, -0.05) is 13.8 Å². The summed E-state index contributed by atoms with van der Waals surface area (Å²) in [7, 11) is 0. The summed E-state index contributed by atoms with van der Waals surface area (Å²) in [5.74, 6) is 0.0959. The maximum atomic E-state index is 10.8. The zero-order chi connectivity index (χ0) is 12.3. The summed E-state index contributed by atoms with van der Waals surface area (Å²) < 4.78 is 0. The van der Waals surface area contributed by atoms with E-state index < -0.39 is 5.97 Å². The van der Waals surface area contributed by atoms with Crippen LogP contribution in [0.2, 0.25) is 0 Å². The number of carbonyl (C=O) groups is 1. The molecule has 0 spiro atoms. The van der Waals surface area contributed by atoms with Gasteiger partial charge in [-0.2, -0.15) is 0 Å². The molecular formula is C14H23NO2. The topological polar surface area (TPSA) is 49.3 Å². The van der Waals surface area contributed by atoms with Gasteiger partial charge in [0.25, 0.3) is 0 Å². The van der Waals surface area contributed by atoms with Crippen LogP contribution in [0, 0.1) is 16.7 Å². The van der Waals surface area contributed by atoms with Crippen LogP contribution in [0.3, 0.4) is 0 Å². The lowest BCUT2D eigenvalue weighted by Crippen LogP contribution is -2.64. The minimum absolute atomic E-state index is 0.124. The highest BCUT2D eigenvalue weighted by Gasteiger charge is 2.59. The molecule has 3 heteroatoms. The Bertz CT molecular complexity index is 347. The van der Waals surface area contributed by atoms with Crippen molar-refractivity contribution < 1.29 is 9.90 Å². The molecule has 0 saturated heterocycles. The predicted octanol–water partition coefficient (Wildman–Crippen LogP) is 2.41. The minimum atomic E-state index is -0.726. The molecule has 0 aromatic rings. The van der Waals surface area contributed by atoms with Gasteiger partial charge in [-0.25, -0.2) is 0 Å². The lowest BCUT2D eigenvalue weighted by atomic mass is 9.43. The van der Waals surface area contributed by atoms with E-state index in [9.17, 15) is 4.79 Å². The molecule has 0 radical (unpaired) electrons. The van der Waals surface area contributed by atoms with E-state index in [1.54, 1.807) is 0 Å². The molecule has 4 rings (SSSR count). The fourth-order valence-electron chi connectivity index (χ4n) is 5.91. The first-order valence-electron chi connectivity index (χ1n) is 6.79. The van der Waals surface area contributed by atoms with Gasteiger partial charge in [-0.15, -0.1) is 0 Å². The third-order valence-electron chi connectivity index (χ3n) is 5.24. The van der Waals surface area contributed by atoms with Crippen LogP contribution in [0.15, 0.2) is 0 Å². The molecular weight excluding hydrogens is 214 g/mol. The van der Waals surface area contributed by atoms with Crippen LogP contribution in [0.4, 0.5) is 0 Å². The summed E-state index contributed by atoms with van der Waals surface area (Å²) in [6, 6.07) is 0. The van der Waals surface area contributed by atoms with E-state index in [-0.39, 0.29) is 12.1 Å². The van der Waals surface area contributed by atoms with Crippen molar-refractivity contribution in [1.82, 2.24) is 5.32 Å². The molecule has 17 heavy (non-hydrogen) atoms. The largest absolute Gasteiger partial charge is 0.480 e. The van der Waals surface area contributed by atoms with Crippen molar-refractivity contribution in [3.05, 3.63) is 0 Å². The number of aliphatic carboxylic acids is 1. The molecule has 0 aromatic heterocycles. The van der Waals surface area contributed by atoms with Crippen molar-refractivity contribution in [2.75, 3.05) is 6.54 Å². The van der Waals surface area contributed by atoms with Crippen molar-refractivity contribution >= 4 is 5.97 Å². The van der Waals surface area contributed by atoms with Crippen LogP contribution in [0.1, 0.15) is 52.4 Å². The van der Waals surface area contributed by atoms with E-state index in [0.29, 0.717) is 10.8 Å². The SMILES string of the molecule is CC12CC3CC(C)(C1)CC(NCC(=O)O)(C3)C2. The zero-order valence-corrected chi connectivity index (χ0v) is 10.9. The molecule has 4 bridgehead atoms. The van der Waals surface area contributed by atoms with E-state index in [2.05, 4.69) is 19.2 Å². The van der Waals surface area contributed by atoms with E-state index in [4.69, 9.17) is 5.11 Å². The van der Waals surface area contributed by atoms with Gasteiger partial charge in [0.1, 0.15) is 0 Å². The molecule has 96 valence electrons. The molecule has 0 aliphatic heterocycles. The lowest BCUT2D eigenvalue weighted by molar-refractivity contribution is -0.141. The van der Waals surface area contributed by atoms with Crippen LogP contribution in [0.25, 0.3) is 0 Å². The number of hydrogen-bond acceptors (Lipinski definition) is 2. The smallest absolute Gasteiger partial charge is 0.317 e. The summed E-state index contributed by atoms with van der Waals surface area (Å²) in [5.41, 5.74) is 1.04. The Hall–Kier alpha value is -0.570. The van der Waals surface area contributed by atoms with Crippen molar-refractivity contribution in [1.29, 1.82) is 0 Å². The summed E-state index contributed by atoms with van der Waals surface area (Å²) in [5, 5.41) is 12.3. The number of hydrogen-bond donors (Lipinski definition) is 2. The standard InChI is InChI=1S/C14H23NO2/c1-12-3-10-4-13(2,7-12)9-14(5-10,8-12)15-6-11(16)17/h10,15H,3-9H2,1-2H3,(H,16,17). The number of carboxylic acid groups (broad SMARTS) is 1. The average Bonchev–Trinajstić information content (AvgIpc) is 2.08. The number of nitrogens with one attached hydrogen (secondary N) is 1. The van der Waals surface area contributed by atoms with Gasteiger partial charge in [0.05, 0.1) is 6.54 Å². The number of carboxylic acids is 1. The molecule has 2 unspecified atom stereocenters. The Morgan fingerprint density at radius 1 is 1.18 bits per heavy atom. The Morgan fingerprint density at radius 3 is 2.24 bits per heavy atom. The highest BCUT2D eigenvalue weighted by Crippen LogP contribution is 2.66. The molecule has 0 aromatic carbocycles. The summed E-state index contributed by atoms with van der Waals surface area (Å²) in [6.07, 6.45) is 7.62. The first-order chi connectivity index (χ1) is 7.82. The van der Waals surface area contributed by atoms with Gasteiger partial charge in [0, 0.05) is 5.54 Å². The van der Waals surface area contributed by atoms with Crippen molar-refractivity contribution in [2.24, 2.45) is 16.7 Å². The molecule has 4 saturated carbocycles. The zero-order valence-electron chi connectivity index (χ0n) is 10.9. The van der Waals surface area contributed by atoms with Crippen molar-refractivity contribution in [2.45, 2.75) is 57.9 Å². The normalized spacial score (nSPS) is 51.8. The second-order valence-electron chi connectivity index (χ2n) is 7.66. The van der Waals surface area contributed by atoms with E-state index in [1.165, 1.54) is 38.5 Å². The van der Waals surface area contributed by atoms with Gasteiger partial charge in [0.2, 0.25) is 0 Å². The Balaban J connectivity index is 1.84. The second-order valence-corrected chi connectivity index (χ2v) is 7.66. The Kier molecular flexibility index (Phi) is 2.20. The van der Waals surface area contributed by atoms with E-state index in [0.717, 1.165) is 5.92 Å². The highest BCUT2D eigenvalue weighted by atomic mass is 16.4. The average molecular weight is 237 g/mol. The summed E-state index contributed by atoms with van der Waals surface area (Å²) in [6.45, 7) is 4.94. The van der Waals surface area contributed by atoms with Gasteiger partial charge in [-0.3, -0.25) is 4.79 Å². The van der Waals surface area contributed by atoms with Crippen LogP contribution >= 0.6 is 0 Å². The van der Waals surface area contributed by atoms with Crippen LogP contribution in [-0.2, 0) is 4.79 Å². The molecule has 3 nitrogen and oxygen atoms in total. The fourth-order valence-corrected chi connectivity index (χ4v) is 5.91.